The molecule has 4 nitrogen and oxygen atoms in total. The number of sulfonamides is 1. The van der Waals surface area contributed by atoms with Gasteiger partial charge < -0.3 is 0 Å². The second-order valence-corrected chi connectivity index (χ2v) is 7.05. The van der Waals surface area contributed by atoms with Crippen molar-refractivity contribution >= 4 is 38.2 Å². The van der Waals surface area contributed by atoms with Crippen molar-refractivity contribution in [3.63, 3.8) is 0 Å². The summed E-state index contributed by atoms with van der Waals surface area (Å²) in [6, 6.07) is 2.64. The second kappa shape index (κ2) is 4.25. The van der Waals surface area contributed by atoms with Gasteiger partial charge in [-0.25, -0.2) is 8.42 Å². The molecule has 1 aliphatic rings. The third kappa shape index (κ3) is 2.41. The van der Waals surface area contributed by atoms with Crippen molar-refractivity contribution in [2.45, 2.75) is 16.7 Å². The maximum Gasteiger partial charge on any atom is 0.250 e. The van der Waals surface area contributed by atoms with Crippen LogP contribution in [0.15, 0.2) is 21.7 Å². The molecular weight excluding hydrogens is 254 g/mol. The topological polar surface area (TPSA) is 63.2 Å². The van der Waals surface area contributed by atoms with Gasteiger partial charge in [0.1, 0.15) is 4.21 Å². The minimum absolute atomic E-state index is 0.0878. The lowest BCUT2D eigenvalue weighted by Gasteiger charge is -2.08. The highest BCUT2D eigenvalue weighted by Crippen LogP contribution is 2.22. The average Bonchev–Trinajstić information content (AvgIpc) is 2.77. The molecule has 1 N–H and O–H groups in total. The number of nitrogens with one attached hydrogen (secondary N) is 1. The fraction of sp³-hybridized carbons (Fsp3) is 0.375. The molecule has 1 aliphatic heterocycles. The lowest BCUT2D eigenvalue weighted by molar-refractivity contribution is -0.111. The van der Waals surface area contributed by atoms with Crippen molar-refractivity contribution in [2.24, 2.45) is 0 Å². The molecule has 2 rings (SSSR count). The third-order valence-corrected chi connectivity index (χ3v) is 5.87. The highest BCUT2D eigenvalue weighted by Gasteiger charge is 2.30. The summed E-state index contributed by atoms with van der Waals surface area (Å²) in [6.45, 7) is 0. The van der Waals surface area contributed by atoms with Gasteiger partial charge in [-0.3, -0.25) is 4.79 Å². The van der Waals surface area contributed by atoms with Gasteiger partial charge in [0.05, 0.1) is 6.04 Å². The second-order valence-electron chi connectivity index (χ2n) is 3.06. The lowest BCUT2D eigenvalue weighted by Crippen LogP contribution is -2.36. The Bertz CT molecular complexity index is 451. The molecule has 0 aliphatic carbocycles. The molecule has 0 saturated carbocycles. The molecular formula is C8H9NO3S3. The van der Waals surface area contributed by atoms with Crippen molar-refractivity contribution in [3.8, 4) is 0 Å². The summed E-state index contributed by atoms with van der Waals surface area (Å²) in [7, 11) is -3.50. The van der Waals surface area contributed by atoms with Crippen LogP contribution in [0.5, 0.6) is 0 Å². The maximum absolute atomic E-state index is 11.7. The van der Waals surface area contributed by atoms with Crippen molar-refractivity contribution in [1.82, 2.24) is 4.72 Å². The number of rotatable bonds is 3. The molecule has 1 aromatic heterocycles. The van der Waals surface area contributed by atoms with E-state index in [2.05, 4.69) is 4.72 Å². The molecule has 0 bridgehead atoms. The van der Waals surface area contributed by atoms with E-state index < -0.39 is 16.1 Å². The monoisotopic (exact) mass is 263 g/mol. The van der Waals surface area contributed by atoms with E-state index in [1.54, 1.807) is 11.4 Å². The van der Waals surface area contributed by atoms with Crippen LogP contribution in [-0.2, 0) is 14.8 Å². The highest BCUT2D eigenvalue weighted by molar-refractivity contribution is 8.14. The molecule has 2 heterocycles. The number of carbonyl (C=O) groups excluding carboxylic acids is 1. The van der Waals surface area contributed by atoms with Gasteiger partial charge in [0.15, 0.2) is 0 Å². The van der Waals surface area contributed by atoms with Crippen LogP contribution >= 0.6 is 23.1 Å². The molecule has 82 valence electrons. The van der Waals surface area contributed by atoms with Crippen LogP contribution < -0.4 is 4.72 Å². The van der Waals surface area contributed by atoms with Gasteiger partial charge in [0.25, 0.3) is 10.0 Å². The van der Waals surface area contributed by atoms with E-state index in [1.165, 1.54) is 17.8 Å². The van der Waals surface area contributed by atoms with Crippen molar-refractivity contribution < 1.29 is 13.2 Å². The first kappa shape index (κ1) is 11.1. The summed E-state index contributed by atoms with van der Waals surface area (Å²) in [5.74, 6) is 0.691. The van der Waals surface area contributed by atoms with Crippen molar-refractivity contribution in [3.05, 3.63) is 17.5 Å². The van der Waals surface area contributed by atoms with Crippen LogP contribution in [0.4, 0.5) is 0 Å². The highest BCUT2D eigenvalue weighted by atomic mass is 32.2. The van der Waals surface area contributed by atoms with Gasteiger partial charge >= 0.3 is 0 Å². The number of thioether (sulfide) groups is 1. The standard InChI is InChI=1S/C8H9NO3S3/c10-8-6(3-5-14-8)9-15(11,12)7-2-1-4-13-7/h1-2,4,6,9H,3,5H2/t6-/m1/s1. The summed E-state index contributed by atoms with van der Waals surface area (Å²) < 4.78 is 26.1. The van der Waals surface area contributed by atoms with Crippen molar-refractivity contribution in [2.75, 3.05) is 5.75 Å². The molecule has 1 aromatic rings. The first-order valence-corrected chi connectivity index (χ1v) is 7.67. The maximum atomic E-state index is 11.7. The zero-order chi connectivity index (χ0) is 10.9. The largest absolute Gasteiger partial charge is 0.285 e. The summed E-state index contributed by atoms with van der Waals surface area (Å²) >= 11 is 2.33. The number of carbonyl (C=O) groups is 1. The first-order chi connectivity index (χ1) is 7.09. The predicted molar refractivity (Wildman–Crippen MR) is 60.5 cm³/mol. The van der Waals surface area contributed by atoms with E-state index in [0.29, 0.717) is 12.2 Å². The smallest absolute Gasteiger partial charge is 0.250 e. The van der Waals surface area contributed by atoms with Gasteiger partial charge in [-0.15, -0.1) is 11.3 Å². The molecule has 0 radical (unpaired) electrons. The van der Waals surface area contributed by atoms with E-state index in [1.807, 2.05) is 0 Å². The zero-order valence-electron chi connectivity index (χ0n) is 7.67. The Morgan fingerprint density at radius 2 is 2.27 bits per heavy atom. The molecule has 0 spiro atoms. The van der Waals surface area contributed by atoms with Gasteiger partial charge in [0.2, 0.25) is 5.12 Å². The SMILES string of the molecule is O=C1SCC[C@H]1NS(=O)(=O)c1cccs1. The zero-order valence-corrected chi connectivity index (χ0v) is 10.1. The first-order valence-electron chi connectivity index (χ1n) is 4.32. The molecule has 1 fully saturated rings. The lowest BCUT2D eigenvalue weighted by atomic mass is 10.3. The average molecular weight is 263 g/mol. The van der Waals surface area contributed by atoms with E-state index in [0.717, 1.165) is 11.3 Å². The van der Waals surface area contributed by atoms with Gasteiger partial charge in [-0.05, 0) is 17.9 Å². The Balaban J connectivity index is 2.15. The summed E-state index contributed by atoms with van der Waals surface area (Å²) in [6.07, 6.45) is 0.577. The van der Waals surface area contributed by atoms with Gasteiger partial charge in [-0.1, -0.05) is 17.8 Å². The fourth-order valence-electron chi connectivity index (χ4n) is 1.26. The molecule has 15 heavy (non-hydrogen) atoms. The third-order valence-electron chi connectivity index (χ3n) is 1.99. The van der Waals surface area contributed by atoms with Crippen LogP contribution in [0.1, 0.15) is 6.42 Å². The van der Waals surface area contributed by atoms with Gasteiger partial charge in [-0.2, -0.15) is 4.72 Å². The van der Waals surface area contributed by atoms with Crippen LogP contribution in [0.2, 0.25) is 0 Å². The Labute approximate surface area is 96.1 Å². The fourth-order valence-corrected chi connectivity index (χ4v) is 4.51. The normalized spacial score (nSPS) is 22.1. The van der Waals surface area contributed by atoms with E-state index >= 15 is 0 Å². The summed E-state index contributed by atoms with van der Waals surface area (Å²) in [4.78, 5) is 11.3. The van der Waals surface area contributed by atoms with Crippen LogP contribution in [0.3, 0.4) is 0 Å². The Kier molecular flexibility index (Phi) is 3.15. The van der Waals surface area contributed by atoms with Gasteiger partial charge in [0, 0.05) is 5.75 Å². The quantitative estimate of drug-likeness (QED) is 0.885. The number of hydrogen-bond acceptors (Lipinski definition) is 5. The molecule has 1 saturated heterocycles. The van der Waals surface area contributed by atoms with Crippen LogP contribution in [-0.4, -0.2) is 25.3 Å². The molecule has 7 heteroatoms. The minimum Gasteiger partial charge on any atom is -0.285 e. The number of hydrogen-bond donors (Lipinski definition) is 1. The van der Waals surface area contributed by atoms with Crippen LogP contribution in [0.25, 0.3) is 0 Å². The minimum atomic E-state index is -3.50. The van der Waals surface area contributed by atoms with Crippen molar-refractivity contribution in [1.29, 1.82) is 0 Å². The molecule has 0 unspecified atom stereocenters. The molecule has 0 aromatic carbocycles. The Morgan fingerprint density at radius 3 is 2.80 bits per heavy atom. The Hall–Kier alpha value is -0.370. The van der Waals surface area contributed by atoms with E-state index in [9.17, 15) is 13.2 Å². The molecule has 0 amide bonds. The van der Waals surface area contributed by atoms with Crippen LogP contribution in [0, 0.1) is 0 Å². The Morgan fingerprint density at radius 1 is 1.47 bits per heavy atom. The van der Waals surface area contributed by atoms with E-state index in [-0.39, 0.29) is 9.32 Å². The number of thiophene rings is 1. The molecule has 1 atom stereocenters. The predicted octanol–water partition coefficient (Wildman–Crippen LogP) is 1.06. The summed E-state index contributed by atoms with van der Waals surface area (Å²) in [5.41, 5.74) is 0. The van der Waals surface area contributed by atoms with E-state index in [4.69, 9.17) is 0 Å². The summed E-state index contributed by atoms with van der Waals surface area (Å²) in [5, 5.41) is 1.61.